The fourth-order valence-electron chi connectivity index (χ4n) is 5.08. The van der Waals surface area contributed by atoms with Gasteiger partial charge in [0.1, 0.15) is 36.3 Å². The second-order valence-electron chi connectivity index (χ2n) is 13.2. The van der Waals surface area contributed by atoms with Crippen LogP contribution in [0.3, 0.4) is 0 Å². The number of fused-ring (bicyclic) bond motifs is 1. The summed E-state index contributed by atoms with van der Waals surface area (Å²) in [6.07, 6.45) is -5.33. The number of unbranched alkanes of at least 4 members (excludes halogenated alkanes) is 2. The number of anilines is 1. The van der Waals surface area contributed by atoms with Gasteiger partial charge >= 0.3 is 23.5 Å². The number of rotatable bonds is 25. The van der Waals surface area contributed by atoms with Gasteiger partial charge < -0.3 is 60.8 Å². The first-order valence-electron chi connectivity index (χ1n) is 17.2. The summed E-state index contributed by atoms with van der Waals surface area (Å²) in [6.45, 7) is 0.333. The molecular weight excluding hydrogens is 863 g/mol. The molecule has 2 aromatic rings. The van der Waals surface area contributed by atoms with Gasteiger partial charge in [0.2, 0.25) is 11.8 Å². The van der Waals surface area contributed by atoms with Crippen LogP contribution in [-0.4, -0.2) is 129 Å². The van der Waals surface area contributed by atoms with Gasteiger partial charge in [-0.2, -0.15) is 4.31 Å². The van der Waals surface area contributed by atoms with E-state index in [1.807, 2.05) is 0 Å². The summed E-state index contributed by atoms with van der Waals surface area (Å²) in [5.74, 6) is -2.39. The maximum Gasteiger partial charge on any atom is 0.481 e. The summed E-state index contributed by atoms with van der Waals surface area (Å²) in [5, 5.41) is 36.6. The number of nitrogens with two attached hydrogens (primary N) is 1. The number of carbonyl (C=O) groups excluding carboxylic acids is 4. The Kier molecular flexibility index (Phi) is 18.3. The van der Waals surface area contributed by atoms with Gasteiger partial charge in [0.25, 0.3) is 0 Å². The fraction of sp³-hybridized carbons (Fsp3) is 0.679. The standard InChI is InChI=1S/C28H46N7O19P3S/c1-28(2,23(41)26(42)31-9-8-17(36)30-10-11-58-19(39)7-5-3-4-6-18(37)38)13-51-57(48,49)54-56(46,47)50-12-16-22(53-55(43,44)45)21(40)27(52-16)35-15-34-20-24(29)32-14-33-25(20)35/h14-16,21-23,27,40-41H,3-13H2,1-2H3,(H,30,36)(H,31,42)(H,37,38)(H,46,47)(H,48,49)(H2,29,32,33)(H2,43,44,45)/p-1/t16-,21-,22-,23+,27-/m1/s1. The second-order valence-corrected chi connectivity index (χ2v) is 18.6. The number of aliphatic hydroxyl groups excluding tert-OH is 2. The number of phosphoric ester groups is 3. The minimum Gasteiger partial charge on any atom is -0.550 e. The number of nitrogen functional groups attached to an aromatic ring is 1. The first-order chi connectivity index (χ1) is 26.9. The third-order valence-corrected chi connectivity index (χ3v) is 12.1. The predicted octanol–water partition coefficient (Wildman–Crippen LogP) is -1.63. The molecule has 58 heavy (non-hydrogen) atoms. The average molecular weight is 909 g/mol. The van der Waals surface area contributed by atoms with E-state index in [4.69, 9.17) is 19.5 Å². The van der Waals surface area contributed by atoms with E-state index >= 15 is 0 Å². The third kappa shape index (κ3) is 15.9. The van der Waals surface area contributed by atoms with Crippen LogP contribution in [0.15, 0.2) is 12.7 Å². The lowest BCUT2D eigenvalue weighted by atomic mass is 9.87. The van der Waals surface area contributed by atoms with Crippen molar-refractivity contribution in [1.29, 1.82) is 0 Å². The highest BCUT2D eigenvalue weighted by atomic mass is 32.2. The van der Waals surface area contributed by atoms with E-state index in [1.54, 1.807) is 0 Å². The molecule has 0 aliphatic carbocycles. The van der Waals surface area contributed by atoms with Crippen molar-refractivity contribution >= 4 is 75.1 Å². The molecule has 30 heteroatoms. The molecule has 1 aliphatic rings. The largest absolute Gasteiger partial charge is 0.550 e. The molecular formula is C28H45N7O19P3S-. The van der Waals surface area contributed by atoms with Crippen LogP contribution in [0, 0.1) is 5.41 Å². The van der Waals surface area contributed by atoms with Crippen molar-refractivity contribution in [2.24, 2.45) is 5.41 Å². The summed E-state index contributed by atoms with van der Waals surface area (Å²) < 4.78 is 62.0. The normalized spacial score (nSPS) is 21.2. The summed E-state index contributed by atoms with van der Waals surface area (Å²) in [6, 6.07) is 0. The molecule has 1 aliphatic heterocycles. The summed E-state index contributed by atoms with van der Waals surface area (Å²) in [4.78, 5) is 97.8. The van der Waals surface area contributed by atoms with Crippen LogP contribution in [0.1, 0.15) is 58.6 Å². The number of hydrogen-bond donors (Lipinski definition) is 9. The molecule has 328 valence electrons. The zero-order chi connectivity index (χ0) is 43.5. The Hall–Kier alpha value is -2.97. The number of amides is 2. The molecule has 0 aromatic carbocycles. The molecule has 0 saturated carbocycles. The number of carbonyl (C=O) groups is 4. The topological polar surface area (TPSA) is 404 Å². The Morgan fingerprint density at radius 3 is 2.34 bits per heavy atom. The lowest BCUT2D eigenvalue weighted by Crippen LogP contribution is -2.46. The second kappa shape index (κ2) is 21.5. The number of aromatic nitrogens is 4. The van der Waals surface area contributed by atoms with Crippen molar-refractivity contribution in [3.63, 3.8) is 0 Å². The molecule has 2 unspecified atom stereocenters. The van der Waals surface area contributed by atoms with Crippen molar-refractivity contribution in [2.45, 2.75) is 83.0 Å². The predicted molar refractivity (Wildman–Crippen MR) is 195 cm³/mol. The molecule has 0 bridgehead atoms. The number of aliphatic carboxylic acids is 1. The van der Waals surface area contributed by atoms with Gasteiger partial charge in [-0.3, -0.25) is 32.5 Å². The van der Waals surface area contributed by atoms with Gasteiger partial charge in [-0.05, 0) is 19.3 Å². The summed E-state index contributed by atoms with van der Waals surface area (Å²) in [7, 11) is -16.4. The highest BCUT2D eigenvalue weighted by Crippen LogP contribution is 2.61. The van der Waals surface area contributed by atoms with Gasteiger partial charge in [-0.1, -0.05) is 32.0 Å². The number of aliphatic hydroxyl groups is 2. The number of phosphoric acid groups is 3. The molecule has 0 radical (unpaired) electrons. The van der Waals surface area contributed by atoms with E-state index in [1.165, 1.54) is 13.8 Å². The van der Waals surface area contributed by atoms with Gasteiger partial charge in [-0.25, -0.2) is 28.6 Å². The summed E-state index contributed by atoms with van der Waals surface area (Å²) in [5.41, 5.74) is 4.22. The minimum atomic E-state index is -5.59. The number of thioether (sulfide) groups is 1. The summed E-state index contributed by atoms with van der Waals surface area (Å²) >= 11 is 1.01. The lowest BCUT2D eigenvalue weighted by Gasteiger charge is -2.30. The average Bonchev–Trinajstić information content (AvgIpc) is 3.67. The highest BCUT2D eigenvalue weighted by Gasteiger charge is 2.50. The quantitative estimate of drug-likeness (QED) is 0.0399. The maximum absolute atomic E-state index is 12.7. The van der Waals surface area contributed by atoms with Crippen molar-refractivity contribution < 1.29 is 90.4 Å². The number of imidazole rings is 1. The van der Waals surface area contributed by atoms with Gasteiger partial charge in [-0.15, -0.1) is 0 Å². The molecule has 0 spiro atoms. The number of carboxylic acids is 1. The molecule has 3 heterocycles. The number of nitrogens with zero attached hydrogens (tertiary/aromatic N) is 4. The lowest BCUT2D eigenvalue weighted by molar-refractivity contribution is -0.305. The van der Waals surface area contributed by atoms with Gasteiger partial charge in [0.05, 0.1) is 19.5 Å². The van der Waals surface area contributed by atoms with Crippen LogP contribution >= 0.6 is 35.2 Å². The zero-order valence-electron chi connectivity index (χ0n) is 30.9. The van der Waals surface area contributed by atoms with E-state index in [0.717, 1.165) is 29.0 Å². The Morgan fingerprint density at radius 2 is 1.67 bits per heavy atom. The first-order valence-corrected chi connectivity index (χ1v) is 22.7. The van der Waals surface area contributed by atoms with E-state index in [9.17, 15) is 67.8 Å². The minimum absolute atomic E-state index is 0.0216. The molecule has 2 aromatic heterocycles. The number of carboxylic acid groups (broad SMARTS) is 1. The SMILES string of the molecule is CC(C)(COP(=O)(O)OP(=O)(O)OC[C@H]1O[C@@H](n2cnc3c(N)ncnc32)[C@H](O)[C@@H]1OP(=O)(O)O)[C@@H](O)C(=O)NCCC(=O)NCCSC(=O)CCCCCC(=O)[O-]. The number of hydrogen-bond acceptors (Lipinski definition) is 20. The van der Waals surface area contributed by atoms with E-state index in [2.05, 4.69) is 34.4 Å². The van der Waals surface area contributed by atoms with Crippen LogP contribution < -0.4 is 21.5 Å². The monoisotopic (exact) mass is 908 g/mol. The van der Waals surface area contributed by atoms with Gasteiger partial charge in [0.15, 0.2) is 22.8 Å². The van der Waals surface area contributed by atoms with Gasteiger partial charge in [0, 0.05) is 43.1 Å². The Bertz CT molecular complexity index is 1900. The fourth-order valence-corrected chi connectivity index (χ4v) is 8.63. The molecule has 7 atom stereocenters. The third-order valence-electron chi connectivity index (χ3n) is 8.03. The Balaban J connectivity index is 1.44. The molecule has 1 saturated heterocycles. The Labute approximate surface area is 334 Å². The van der Waals surface area contributed by atoms with Crippen LogP contribution in [-0.2, 0) is 55.5 Å². The van der Waals surface area contributed by atoms with Crippen LogP contribution in [0.4, 0.5) is 5.82 Å². The molecule has 10 N–H and O–H groups in total. The highest BCUT2D eigenvalue weighted by molar-refractivity contribution is 8.13. The smallest absolute Gasteiger partial charge is 0.481 e. The zero-order valence-corrected chi connectivity index (χ0v) is 34.4. The number of nitrogens with one attached hydrogen (secondary N) is 2. The van der Waals surface area contributed by atoms with Crippen molar-refractivity contribution in [2.75, 3.05) is 37.8 Å². The molecule has 2 amide bonds. The maximum atomic E-state index is 12.7. The van der Waals surface area contributed by atoms with Crippen molar-refractivity contribution in [3.8, 4) is 0 Å². The first kappa shape index (κ1) is 49.4. The Morgan fingerprint density at radius 1 is 1.00 bits per heavy atom. The van der Waals surface area contributed by atoms with Crippen LogP contribution in [0.25, 0.3) is 11.2 Å². The van der Waals surface area contributed by atoms with E-state index < -0.39 is 90.5 Å². The van der Waals surface area contributed by atoms with E-state index in [0.29, 0.717) is 19.3 Å². The number of ether oxygens (including phenoxy) is 1. The molecule has 3 rings (SSSR count). The molecule has 1 fully saturated rings. The van der Waals surface area contributed by atoms with E-state index in [-0.39, 0.29) is 60.2 Å². The molecule has 26 nitrogen and oxygen atoms in total. The van der Waals surface area contributed by atoms with Crippen LogP contribution in [0.5, 0.6) is 0 Å². The van der Waals surface area contributed by atoms with Crippen molar-refractivity contribution in [3.05, 3.63) is 12.7 Å². The van der Waals surface area contributed by atoms with Crippen LogP contribution in [0.2, 0.25) is 0 Å². The van der Waals surface area contributed by atoms with Crippen molar-refractivity contribution in [1.82, 2.24) is 30.2 Å².